The topological polar surface area (TPSA) is 26.3 Å². The van der Waals surface area contributed by atoms with Crippen LogP contribution in [0, 0.1) is 5.92 Å². The van der Waals surface area contributed by atoms with Gasteiger partial charge in [-0.05, 0) is 18.8 Å². The van der Waals surface area contributed by atoms with E-state index in [0.717, 1.165) is 0 Å². The van der Waals surface area contributed by atoms with Crippen LogP contribution in [0.15, 0.2) is 12.7 Å². The SMILES string of the molecule is C=CC(=O)OCC1CCCCCCCCCCC1. The van der Waals surface area contributed by atoms with Gasteiger partial charge in [-0.2, -0.15) is 0 Å². The van der Waals surface area contributed by atoms with Crippen LogP contribution >= 0.6 is 0 Å². The molecule has 0 amide bonds. The highest BCUT2D eigenvalue weighted by Gasteiger charge is 2.11. The van der Waals surface area contributed by atoms with Gasteiger partial charge in [0.25, 0.3) is 0 Å². The fraction of sp³-hybridized carbons (Fsp3) is 0.812. The van der Waals surface area contributed by atoms with Crippen LogP contribution in [0.4, 0.5) is 0 Å². The molecule has 0 bridgehead atoms. The largest absolute Gasteiger partial charge is 0.462 e. The molecule has 0 N–H and O–H groups in total. The van der Waals surface area contributed by atoms with Crippen molar-refractivity contribution in [2.75, 3.05) is 6.61 Å². The number of esters is 1. The van der Waals surface area contributed by atoms with Gasteiger partial charge in [-0.3, -0.25) is 0 Å². The highest BCUT2D eigenvalue weighted by Crippen LogP contribution is 2.21. The summed E-state index contributed by atoms with van der Waals surface area (Å²) in [5, 5.41) is 0. The third kappa shape index (κ3) is 7.52. The molecule has 0 aromatic rings. The van der Waals surface area contributed by atoms with Gasteiger partial charge in [0.05, 0.1) is 6.61 Å². The van der Waals surface area contributed by atoms with Crippen molar-refractivity contribution in [3.05, 3.63) is 12.7 Å². The molecule has 1 fully saturated rings. The Kier molecular flexibility index (Phi) is 8.62. The summed E-state index contributed by atoms with van der Waals surface area (Å²) in [7, 11) is 0. The molecule has 2 heteroatoms. The van der Waals surface area contributed by atoms with Gasteiger partial charge in [-0.25, -0.2) is 4.79 Å². The van der Waals surface area contributed by atoms with Gasteiger partial charge >= 0.3 is 5.97 Å². The van der Waals surface area contributed by atoms with E-state index in [1.54, 1.807) is 0 Å². The number of ether oxygens (including phenoxy) is 1. The molecule has 0 atom stereocenters. The van der Waals surface area contributed by atoms with Crippen LogP contribution in [0.25, 0.3) is 0 Å². The highest BCUT2D eigenvalue weighted by atomic mass is 16.5. The van der Waals surface area contributed by atoms with Crippen molar-refractivity contribution < 1.29 is 9.53 Å². The monoisotopic (exact) mass is 252 g/mol. The third-order valence-electron chi connectivity index (χ3n) is 3.85. The van der Waals surface area contributed by atoms with Crippen molar-refractivity contribution in [1.82, 2.24) is 0 Å². The molecular weight excluding hydrogens is 224 g/mol. The van der Waals surface area contributed by atoms with Crippen LogP contribution < -0.4 is 0 Å². The molecule has 18 heavy (non-hydrogen) atoms. The molecule has 104 valence electrons. The maximum absolute atomic E-state index is 11.1. The van der Waals surface area contributed by atoms with E-state index in [1.807, 2.05) is 0 Å². The number of carbonyl (C=O) groups excluding carboxylic acids is 1. The van der Waals surface area contributed by atoms with Crippen LogP contribution in [0.5, 0.6) is 0 Å². The predicted octanol–water partition coefficient (Wildman–Crippen LogP) is 4.64. The first-order chi connectivity index (χ1) is 8.83. The standard InChI is InChI=1S/C16H28O2/c1-2-16(17)18-14-15-12-10-8-6-4-3-5-7-9-11-13-15/h2,15H,1,3-14H2. The Hall–Kier alpha value is -0.790. The highest BCUT2D eigenvalue weighted by molar-refractivity contribution is 5.81. The average molecular weight is 252 g/mol. The molecule has 0 aromatic carbocycles. The van der Waals surface area contributed by atoms with Gasteiger partial charge < -0.3 is 4.74 Å². The third-order valence-corrected chi connectivity index (χ3v) is 3.85. The minimum atomic E-state index is -0.277. The van der Waals surface area contributed by atoms with Crippen LogP contribution in [-0.2, 0) is 9.53 Å². The number of hydrogen-bond donors (Lipinski definition) is 0. The van der Waals surface area contributed by atoms with Crippen molar-refractivity contribution in [1.29, 1.82) is 0 Å². The molecular formula is C16H28O2. The Morgan fingerprint density at radius 3 is 1.83 bits per heavy atom. The molecule has 1 rings (SSSR count). The Bertz CT molecular complexity index is 223. The lowest BCUT2D eigenvalue weighted by Crippen LogP contribution is -2.13. The zero-order valence-corrected chi connectivity index (χ0v) is 11.7. The van der Waals surface area contributed by atoms with Crippen LogP contribution in [0.2, 0.25) is 0 Å². The van der Waals surface area contributed by atoms with Gasteiger partial charge in [0.15, 0.2) is 0 Å². The first-order valence-electron chi connectivity index (χ1n) is 7.62. The average Bonchev–Trinajstić information content (AvgIpc) is 2.37. The lowest BCUT2D eigenvalue weighted by Gasteiger charge is -2.17. The quantitative estimate of drug-likeness (QED) is 0.540. The summed E-state index contributed by atoms with van der Waals surface area (Å²) in [6.07, 6.45) is 15.9. The van der Waals surface area contributed by atoms with Gasteiger partial charge in [0, 0.05) is 6.08 Å². The first-order valence-corrected chi connectivity index (χ1v) is 7.62. The van der Waals surface area contributed by atoms with Gasteiger partial charge in [0.2, 0.25) is 0 Å². The lowest BCUT2D eigenvalue weighted by atomic mass is 9.93. The molecule has 0 radical (unpaired) electrons. The Morgan fingerprint density at radius 2 is 1.39 bits per heavy atom. The second kappa shape index (κ2) is 10.2. The summed E-state index contributed by atoms with van der Waals surface area (Å²) in [5.41, 5.74) is 0. The zero-order chi connectivity index (χ0) is 13.1. The molecule has 0 aliphatic heterocycles. The lowest BCUT2D eigenvalue weighted by molar-refractivity contribution is -0.139. The molecule has 1 saturated carbocycles. The van der Waals surface area contributed by atoms with Gasteiger partial charge in [-0.1, -0.05) is 64.4 Å². The smallest absolute Gasteiger partial charge is 0.330 e. The van der Waals surface area contributed by atoms with Crippen LogP contribution in [-0.4, -0.2) is 12.6 Å². The van der Waals surface area contributed by atoms with Crippen molar-refractivity contribution >= 4 is 5.97 Å². The molecule has 0 unspecified atom stereocenters. The zero-order valence-electron chi connectivity index (χ0n) is 11.7. The molecule has 1 aliphatic carbocycles. The summed E-state index contributed by atoms with van der Waals surface area (Å²) < 4.78 is 5.20. The Balaban J connectivity index is 2.27. The second-order valence-corrected chi connectivity index (χ2v) is 5.46. The van der Waals surface area contributed by atoms with E-state index in [1.165, 1.54) is 76.7 Å². The molecule has 0 aromatic heterocycles. The molecule has 0 heterocycles. The summed E-state index contributed by atoms with van der Waals surface area (Å²) in [5.74, 6) is 0.287. The molecule has 0 saturated heterocycles. The van der Waals surface area contributed by atoms with Crippen molar-refractivity contribution in [3.63, 3.8) is 0 Å². The summed E-state index contributed by atoms with van der Waals surface area (Å²) in [6.45, 7) is 4.02. The maximum atomic E-state index is 11.1. The summed E-state index contributed by atoms with van der Waals surface area (Å²) in [4.78, 5) is 11.1. The predicted molar refractivity (Wildman–Crippen MR) is 75.4 cm³/mol. The van der Waals surface area contributed by atoms with Crippen molar-refractivity contribution in [2.45, 2.75) is 70.6 Å². The van der Waals surface area contributed by atoms with Crippen molar-refractivity contribution in [2.24, 2.45) is 5.92 Å². The Labute approximate surface area is 112 Å². The van der Waals surface area contributed by atoms with Gasteiger partial charge in [-0.15, -0.1) is 0 Å². The minimum Gasteiger partial charge on any atom is -0.462 e. The summed E-state index contributed by atoms with van der Waals surface area (Å²) in [6, 6.07) is 0. The van der Waals surface area contributed by atoms with E-state index < -0.39 is 0 Å². The molecule has 2 nitrogen and oxygen atoms in total. The van der Waals surface area contributed by atoms with E-state index >= 15 is 0 Å². The first kappa shape index (κ1) is 15.3. The maximum Gasteiger partial charge on any atom is 0.330 e. The van der Waals surface area contributed by atoms with E-state index in [-0.39, 0.29) is 5.97 Å². The van der Waals surface area contributed by atoms with Crippen molar-refractivity contribution in [3.8, 4) is 0 Å². The van der Waals surface area contributed by atoms with E-state index in [9.17, 15) is 4.79 Å². The number of carbonyl (C=O) groups is 1. The normalized spacial score (nSPS) is 20.4. The van der Waals surface area contributed by atoms with Crippen LogP contribution in [0.1, 0.15) is 70.6 Å². The van der Waals surface area contributed by atoms with Gasteiger partial charge in [0.1, 0.15) is 0 Å². The van der Waals surface area contributed by atoms with E-state index in [2.05, 4.69) is 6.58 Å². The number of hydrogen-bond acceptors (Lipinski definition) is 2. The van der Waals surface area contributed by atoms with Crippen LogP contribution in [0.3, 0.4) is 0 Å². The minimum absolute atomic E-state index is 0.277. The molecule has 1 aliphatic rings. The van der Waals surface area contributed by atoms with E-state index in [4.69, 9.17) is 4.74 Å². The Morgan fingerprint density at radius 1 is 0.944 bits per heavy atom. The van der Waals surface area contributed by atoms with E-state index in [0.29, 0.717) is 12.5 Å². The summed E-state index contributed by atoms with van der Waals surface area (Å²) >= 11 is 0. The fourth-order valence-corrected chi connectivity index (χ4v) is 2.67. The second-order valence-electron chi connectivity index (χ2n) is 5.46. The fourth-order valence-electron chi connectivity index (χ4n) is 2.67. The number of rotatable bonds is 3. The molecule has 0 spiro atoms.